The zero-order chi connectivity index (χ0) is 13.2. The first kappa shape index (κ1) is 14.9. The van der Waals surface area contributed by atoms with Gasteiger partial charge in [-0.15, -0.1) is 12.4 Å². The molecule has 1 aromatic carbocycles. The molecule has 0 saturated carbocycles. The second-order valence-electron chi connectivity index (χ2n) is 4.64. The summed E-state index contributed by atoms with van der Waals surface area (Å²) in [7, 11) is 0. The van der Waals surface area contributed by atoms with Gasteiger partial charge in [0, 0.05) is 18.0 Å². The second-order valence-corrected chi connectivity index (χ2v) is 4.64. The Bertz CT molecular complexity index is 585. The molecule has 0 amide bonds. The van der Waals surface area contributed by atoms with E-state index in [-0.39, 0.29) is 18.2 Å². The van der Waals surface area contributed by atoms with Crippen LogP contribution in [0.25, 0.3) is 11.4 Å². The van der Waals surface area contributed by atoms with Crippen LogP contribution in [0.1, 0.15) is 18.7 Å². The monoisotopic (exact) mass is 301 g/mol. The number of nitrogens with zero attached hydrogens (tertiary/aromatic N) is 2. The Morgan fingerprint density at radius 3 is 2.85 bits per heavy atom. The Balaban J connectivity index is 0.00000147. The highest BCUT2D eigenvalue weighted by Crippen LogP contribution is 2.19. The predicted octanol–water partition coefficient (Wildman–Crippen LogP) is 2.73. The molecule has 2 aromatic rings. The summed E-state index contributed by atoms with van der Waals surface area (Å²) in [6, 6.07) is 3.91. The lowest BCUT2D eigenvalue weighted by Crippen LogP contribution is -2.23. The van der Waals surface area contributed by atoms with Crippen molar-refractivity contribution in [2.45, 2.75) is 25.3 Å². The fourth-order valence-corrected chi connectivity index (χ4v) is 2.23. The van der Waals surface area contributed by atoms with E-state index in [4.69, 9.17) is 4.52 Å². The van der Waals surface area contributed by atoms with Gasteiger partial charge in [-0.1, -0.05) is 5.16 Å². The molecule has 3 rings (SSSR count). The van der Waals surface area contributed by atoms with Crippen molar-refractivity contribution in [1.29, 1.82) is 0 Å². The fourth-order valence-electron chi connectivity index (χ4n) is 2.23. The largest absolute Gasteiger partial charge is 0.339 e. The zero-order valence-electron chi connectivity index (χ0n) is 10.6. The molecule has 0 radical (unpaired) electrons. The highest BCUT2D eigenvalue weighted by atomic mass is 35.5. The number of halogens is 3. The van der Waals surface area contributed by atoms with Crippen LogP contribution in [-0.2, 0) is 6.42 Å². The first-order valence-corrected chi connectivity index (χ1v) is 6.24. The molecular formula is C13H14ClF2N3O. The SMILES string of the molecule is Cl.Fc1ccc(-c2noc(CC3CCCN3)n2)cc1F. The summed E-state index contributed by atoms with van der Waals surface area (Å²) >= 11 is 0. The topological polar surface area (TPSA) is 51.0 Å². The van der Waals surface area contributed by atoms with Gasteiger partial charge in [-0.3, -0.25) is 0 Å². The predicted molar refractivity (Wildman–Crippen MR) is 71.6 cm³/mol. The lowest BCUT2D eigenvalue weighted by atomic mass is 10.1. The van der Waals surface area contributed by atoms with E-state index in [1.165, 1.54) is 6.07 Å². The average molecular weight is 302 g/mol. The lowest BCUT2D eigenvalue weighted by molar-refractivity contribution is 0.364. The third-order valence-corrected chi connectivity index (χ3v) is 3.23. The van der Waals surface area contributed by atoms with Crippen molar-refractivity contribution in [2.75, 3.05) is 6.54 Å². The van der Waals surface area contributed by atoms with E-state index in [0.717, 1.165) is 31.5 Å². The minimum Gasteiger partial charge on any atom is -0.339 e. The Kier molecular flexibility index (Phi) is 4.67. The Hall–Kier alpha value is -1.53. The minimum atomic E-state index is -0.915. The summed E-state index contributed by atoms with van der Waals surface area (Å²) in [5, 5.41) is 7.13. The summed E-state index contributed by atoms with van der Waals surface area (Å²) in [6.45, 7) is 1.01. The number of hydrogen-bond acceptors (Lipinski definition) is 4. The van der Waals surface area contributed by atoms with Crippen LogP contribution in [0.5, 0.6) is 0 Å². The van der Waals surface area contributed by atoms with E-state index in [1.54, 1.807) is 0 Å². The third-order valence-electron chi connectivity index (χ3n) is 3.23. The van der Waals surface area contributed by atoms with Gasteiger partial charge in [0.1, 0.15) is 0 Å². The zero-order valence-corrected chi connectivity index (χ0v) is 11.4. The van der Waals surface area contributed by atoms with Gasteiger partial charge in [0.25, 0.3) is 0 Å². The number of nitrogens with one attached hydrogen (secondary N) is 1. The first-order chi connectivity index (χ1) is 9.22. The van der Waals surface area contributed by atoms with Crippen molar-refractivity contribution in [2.24, 2.45) is 0 Å². The molecular weight excluding hydrogens is 288 g/mol. The molecule has 1 unspecified atom stereocenters. The van der Waals surface area contributed by atoms with Gasteiger partial charge < -0.3 is 9.84 Å². The molecule has 4 nitrogen and oxygen atoms in total. The van der Waals surface area contributed by atoms with Crippen LogP contribution in [0.2, 0.25) is 0 Å². The van der Waals surface area contributed by atoms with Crippen molar-refractivity contribution in [1.82, 2.24) is 15.5 Å². The molecule has 2 heterocycles. The molecule has 1 fully saturated rings. The summed E-state index contributed by atoms with van der Waals surface area (Å²) in [6.07, 6.45) is 2.90. The summed E-state index contributed by atoms with van der Waals surface area (Å²) in [5.41, 5.74) is 0.410. The van der Waals surface area contributed by atoms with Gasteiger partial charge >= 0.3 is 0 Å². The van der Waals surface area contributed by atoms with E-state index < -0.39 is 11.6 Å². The molecule has 0 aliphatic carbocycles. The Morgan fingerprint density at radius 2 is 2.15 bits per heavy atom. The van der Waals surface area contributed by atoms with Gasteiger partial charge in [-0.2, -0.15) is 4.98 Å². The van der Waals surface area contributed by atoms with Crippen molar-refractivity contribution in [3.05, 3.63) is 35.7 Å². The van der Waals surface area contributed by atoms with Crippen LogP contribution >= 0.6 is 12.4 Å². The number of hydrogen-bond donors (Lipinski definition) is 1. The van der Waals surface area contributed by atoms with Crippen molar-refractivity contribution in [3.63, 3.8) is 0 Å². The van der Waals surface area contributed by atoms with Crippen LogP contribution in [0.4, 0.5) is 8.78 Å². The van der Waals surface area contributed by atoms with Gasteiger partial charge in [-0.25, -0.2) is 8.78 Å². The van der Waals surface area contributed by atoms with Crippen molar-refractivity contribution < 1.29 is 13.3 Å². The quantitative estimate of drug-likeness (QED) is 0.947. The van der Waals surface area contributed by atoms with Gasteiger partial charge in [0.05, 0.1) is 0 Å². The average Bonchev–Trinajstić information content (AvgIpc) is 3.05. The fraction of sp³-hybridized carbons (Fsp3) is 0.385. The van der Waals surface area contributed by atoms with E-state index in [2.05, 4.69) is 15.5 Å². The Morgan fingerprint density at radius 1 is 1.30 bits per heavy atom. The number of benzene rings is 1. The molecule has 7 heteroatoms. The maximum absolute atomic E-state index is 13.1. The molecule has 1 aliphatic heterocycles. The first-order valence-electron chi connectivity index (χ1n) is 6.24. The molecule has 1 atom stereocenters. The van der Waals surface area contributed by atoms with Gasteiger partial charge in [-0.05, 0) is 37.6 Å². The molecule has 1 N–H and O–H groups in total. The van der Waals surface area contributed by atoms with Gasteiger partial charge in [0.2, 0.25) is 11.7 Å². The highest BCUT2D eigenvalue weighted by molar-refractivity contribution is 5.85. The maximum Gasteiger partial charge on any atom is 0.228 e. The third kappa shape index (κ3) is 3.13. The van der Waals surface area contributed by atoms with Crippen molar-refractivity contribution in [3.8, 4) is 11.4 Å². The van der Waals surface area contributed by atoms with E-state index in [0.29, 0.717) is 23.9 Å². The molecule has 20 heavy (non-hydrogen) atoms. The highest BCUT2D eigenvalue weighted by Gasteiger charge is 2.18. The van der Waals surface area contributed by atoms with Crippen LogP contribution in [0.3, 0.4) is 0 Å². The standard InChI is InChI=1S/C13H13F2N3O.ClH/c14-10-4-3-8(6-11(10)15)13-17-12(19-18-13)7-9-2-1-5-16-9;/h3-4,6,9,16H,1-2,5,7H2;1H. The minimum absolute atomic E-state index is 0. The van der Waals surface area contributed by atoms with Crippen LogP contribution in [0, 0.1) is 11.6 Å². The number of aromatic nitrogens is 2. The summed E-state index contributed by atoms with van der Waals surface area (Å²) < 4.78 is 31.1. The summed E-state index contributed by atoms with van der Waals surface area (Å²) in [4.78, 5) is 4.21. The molecule has 0 bridgehead atoms. The molecule has 108 valence electrons. The molecule has 0 spiro atoms. The second kappa shape index (κ2) is 6.28. The molecule has 1 saturated heterocycles. The van der Waals surface area contributed by atoms with Gasteiger partial charge in [0.15, 0.2) is 11.6 Å². The molecule has 1 aromatic heterocycles. The summed E-state index contributed by atoms with van der Waals surface area (Å²) in [5.74, 6) is -1.00. The van der Waals surface area contributed by atoms with E-state index in [9.17, 15) is 8.78 Å². The van der Waals surface area contributed by atoms with E-state index in [1.807, 2.05) is 0 Å². The van der Waals surface area contributed by atoms with E-state index >= 15 is 0 Å². The van der Waals surface area contributed by atoms with Crippen molar-refractivity contribution >= 4 is 12.4 Å². The maximum atomic E-state index is 13.1. The van der Waals surface area contributed by atoms with Crippen LogP contribution in [0.15, 0.2) is 22.7 Å². The number of rotatable bonds is 3. The van der Waals surface area contributed by atoms with Crippen LogP contribution < -0.4 is 5.32 Å². The lowest BCUT2D eigenvalue weighted by Gasteiger charge is -2.04. The Labute approximate surface area is 121 Å². The normalized spacial score (nSPS) is 18.0. The molecule has 1 aliphatic rings. The van der Waals surface area contributed by atoms with Crippen LogP contribution in [-0.4, -0.2) is 22.7 Å². The smallest absolute Gasteiger partial charge is 0.228 e.